The molecule has 15 heteroatoms. The second-order valence-electron chi connectivity index (χ2n) is 10.4. The van der Waals surface area contributed by atoms with Crippen LogP contribution in [0.3, 0.4) is 0 Å². The molecule has 0 atom stereocenters. The van der Waals surface area contributed by atoms with Gasteiger partial charge in [-0.2, -0.15) is 10.2 Å². The van der Waals surface area contributed by atoms with Crippen molar-refractivity contribution >= 4 is 63.8 Å². The zero-order valence-corrected chi connectivity index (χ0v) is 30.7. The standard InChI is InChI=1S/C17H17Cl2N5.C11H12ClN3.C6H6Cl2N2/c1-2-15-16(19)17(22-11-21-15)20-8-7-12-9-23-24(10-12)14-5-3-13(18)4-6-14;12-10-1-3-11(4-2-10)15-8-9(5-6-13)7-14-15;1-2-4-5(7)6(8)10-3-9-4/h3-6,9-11H,2,7-8H2,1H3,(H,20,21,22);1-4,7-8H,5-6,13H2;3H,2H2,1H3. The van der Waals surface area contributed by atoms with Crippen molar-refractivity contribution in [2.75, 3.05) is 18.4 Å². The third-order valence-corrected chi connectivity index (χ3v) is 8.63. The van der Waals surface area contributed by atoms with E-state index in [1.807, 2.05) is 96.5 Å². The van der Waals surface area contributed by atoms with Gasteiger partial charge in [0.2, 0.25) is 0 Å². The van der Waals surface area contributed by atoms with Gasteiger partial charge in [0.1, 0.15) is 23.5 Å². The number of benzene rings is 2. The molecule has 6 rings (SSSR count). The summed E-state index contributed by atoms with van der Waals surface area (Å²) in [4.78, 5) is 16.0. The van der Waals surface area contributed by atoms with Gasteiger partial charge in [0.25, 0.3) is 0 Å². The van der Waals surface area contributed by atoms with Crippen LogP contribution in [0, 0.1) is 0 Å². The summed E-state index contributed by atoms with van der Waals surface area (Å²) in [6.45, 7) is 5.34. The predicted molar refractivity (Wildman–Crippen MR) is 200 cm³/mol. The predicted octanol–water partition coefficient (Wildman–Crippen LogP) is 8.56. The van der Waals surface area contributed by atoms with Crippen molar-refractivity contribution in [2.45, 2.75) is 39.5 Å². The molecule has 0 saturated heterocycles. The summed E-state index contributed by atoms with van der Waals surface area (Å²) in [6.07, 6.45) is 13.9. The number of hydrogen-bond acceptors (Lipinski definition) is 8. The second-order valence-corrected chi connectivity index (χ2v) is 12.4. The minimum Gasteiger partial charge on any atom is -0.368 e. The van der Waals surface area contributed by atoms with E-state index in [-0.39, 0.29) is 0 Å². The van der Waals surface area contributed by atoms with E-state index in [1.165, 1.54) is 12.7 Å². The fourth-order valence-electron chi connectivity index (χ4n) is 4.34. The van der Waals surface area contributed by atoms with Crippen LogP contribution in [0.2, 0.25) is 25.2 Å². The van der Waals surface area contributed by atoms with Crippen LogP contribution in [0.4, 0.5) is 5.82 Å². The van der Waals surface area contributed by atoms with Crippen molar-refractivity contribution in [1.29, 1.82) is 0 Å². The van der Waals surface area contributed by atoms with Crippen LogP contribution in [0.1, 0.15) is 36.4 Å². The lowest BCUT2D eigenvalue weighted by Gasteiger charge is -2.08. The lowest BCUT2D eigenvalue weighted by Crippen LogP contribution is -2.08. The van der Waals surface area contributed by atoms with Crippen LogP contribution in [-0.4, -0.2) is 52.6 Å². The molecule has 49 heavy (non-hydrogen) atoms. The average molecular weight is 761 g/mol. The Hall–Kier alpha value is -3.77. The number of halogens is 5. The molecule has 0 aliphatic carbocycles. The minimum atomic E-state index is 0.327. The van der Waals surface area contributed by atoms with E-state index in [0.717, 1.165) is 64.6 Å². The molecule has 0 radical (unpaired) electrons. The SMILES string of the molecule is CCc1ncnc(Cl)c1Cl.CCc1ncnc(NCCc2cnn(-c3ccc(Cl)cc3)c2)c1Cl.NCCc1cnn(-c2ccc(Cl)cc2)c1. The molecule has 4 aromatic heterocycles. The Morgan fingerprint density at radius 2 is 1.12 bits per heavy atom. The number of nitrogens with two attached hydrogens (primary N) is 1. The number of nitrogens with zero attached hydrogens (tertiary/aromatic N) is 8. The Morgan fingerprint density at radius 3 is 1.61 bits per heavy atom. The van der Waals surface area contributed by atoms with Gasteiger partial charge in [-0.15, -0.1) is 0 Å². The van der Waals surface area contributed by atoms with Crippen LogP contribution in [0.15, 0.2) is 86.0 Å². The lowest BCUT2D eigenvalue weighted by molar-refractivity contribution is 0.879. The van der Waals surface area contributed by atoms with E-state index < -0.39 is 0 Å². The largest absolute Gasteiger partial charge is 0.368 e. The van der Waals surface area contributed by atoms with Gasteiger partial charge in [-0.1, -0.05) is 71.9 Å². The summed E-state index contributed by atoms with van der Waals surface area (Å²) < 4.78 is 3.65. The molecule has 10 nitrogen and oxygen atoms in total. The molecule has 0 spiro atoms. The summed E-state index contributed by atoms with van der Waals surface area (Å²) in [6, 6.07) is 15.1. The Balaban J connectivity index is 0.000000184. The molecule has 0 saturated carbocycles. The smallest absolute Gasteiger partial charge is 0.151 e. The number of anilines is 1. The van der Waals surface area contributed by atoms with Crippen LogP contribution in [-0.2, 0) is 25.7 Å². The van der Waals surface area contributed by atoms with Crippen LogP contribution in [0.5, 0.6) is 0 Å². The van der Waals surface area contributed by atoms with E-state index in [9.17, 15) is 0 Å². The monoisotopic (exact) mass is 758 g/mol. The summed E-state index contributed by atoms with van der Waals surface area (Å²) in [7, 11) is 0. The van der Waals surface area contributed by atoms with Crippen molar-refractivity contribution in [2.24, 2.45) is 5.73 Å². The third kappa shape index (κ3) is 11.4. The van der Waals surface area contributed by atoms with E-state index in [4.69, 9.17) is 63.7 Å². The van der Waals surface area contributed by atoms with Gasteiger partial charge in [-0.3, -0.25) is 0 Å². The number of nitrogens with one attached hydrogen (secondary N) is 1. The molecule has 0 unspecified atom stereocenters. The van der Waals surface area contributed by atoms with Gasteiger partial charge in [0.15, 0.2) is 5.15 Å². The molecule has 0 aliphatic rings. The number of hydrogen-bond donors (Lipinski definition) is 2. The maximum atomic E-state index is 6.27. The molecule has 6 aromatic rings. The number of aryl methyl sites for hydroxylation is 2. The zero-order valence-electron chi connectivity index (χ0n) is 26.9. The van der Waals surface area contributed by atoms with E-state index in [1.54, 1.807) is 0 Å². The molecular weight excluding hydrogens is 726 g/mol. The van der Waals surface area contributed by atoms with Gasteiger partial charge < -0.3 is 11.1 Å². The van der Waals surface area contributed by atoms with Crippen LogP contribution in [0.25, 0.3) is 11.4 Å². The van der Waals surface area contributed by atoms with E-state index >= 15 is 0 Å². The molecular formula is C34H35Cl5N10. The van der Waals surface area contributed by atoms with Gasteiger partial charge in [0.05, 0.1) is 40.2 Å². The first kappa shape index (κ1) is 38.0. The molecule has 4 heterocycles. The van der Waals surface area contributed by atoms with Crippen molar-refractivity contribution < 1.29 is 0 Å². The van der Waals surface area contributed by atoms with Crippen molar-refractivity contribution in [3.63, 3.8) is 0 Å². The maximum Gasteiger partial charge on any atom is 0.151 e. The van der Waals surface area contributed by atoms with Crippen molar-refractivity contribution in [3.05, 3.63) is 134 Å². The summed E-state index contributed by atoms with van der Waals surface area (Å²) in [5.41, 5.74) is 11.4. The van der Waals surface area contributed by atoms with Crippen LogP contribution < -0.4 is 11.1 Å². The topological polar surface area (TPSA) is 125 Å². The van der Waals surface area contributed by atoms with Gasteiger partial charge >= 0.3 is 0 Å². The summed E-state index contributed by atoms with van der Waals surface area (Å²) in [5, 5.41) is 14.7. The van der Waals surface area contributed by atoms with Crippen molar-refractivity contribution in [3.8, 4) is 11.4 Å². The van der Waals surface area contributed by atoms with Gasteiger partial charge in [0, 0.05) is 29.0 Å². The zero-order chi connectivity index (χ0) is 35.2. The first-order chi connectivity index (χ1) is 23.7. The summed E-state index contributed by atoms with van der Waals surface area (Å²) >= 11 is 29.3. The Kier molecular flexibility index (Phi) is 15.1. The Bertz CT molecular complexity index is 1890. The highest BCUT2D eigenvalue weighted by Crippen LogP contribution is 2.23. The molecule has 0 fully saturated rings. The average Bonchev–Trinajstić information content (AvgIpc) is 3.79. The fraction of sp³-hybridized carbons (Fsp3) is 0.235. The first-order valence-electron chi connectivity index (χ1n) is 15.4. The van der Waals surface area contributed by atoms with Crippen LogP contribution >= 0.6 is 58.0 Å². The molecule has 256 valence electrons. The number of rotatable bonds is 10. The highest BCUT2D eigenvalue weighted by Gasteiger charge is 2.08. The highest BCUT2D eigenvalue weighted by atomic mass is 35.5. The van der Waals surface area contributed by atoms with E-state index in [0.29, 0.717) is 39.1 Å². The molecule has 0 bridgehead atoms. The minimum absolute atomic E-state index is 0.327. The first-order valence-corrected chi connectivity index (χ1v) is 17.3. The van der Waals surface area contributed by atoms with Gasteiger partial charge in [-0.25, -0.2) is 29.3 Å². The lowest BCUT2D eigenvalue weighted by atomic mass is 10.2. The highest BCUT2D eigenvalue weighted by molar-refractivity contribution is 6.41. The Labute approximate surface area is 310 Å². The molecule has 0 amide bonds. The second kappa shape index (κ2) is 19.4. The van der Waals surface area contributed by atoms with E-state index in [2.05, 4.69) is 35.5 Å². The number of aromatic nitrogens is 8. The van der Waals surface area contributed by atoms with Gasteiger partial charge in [-0.05, 0) is 91.9 Å². The maximum absolute atomic E-state index is 6.27. The van der Waals surface area contributed by atoms with Crippen molar-refractivity contribution in [1.82, 2.24) is 39.5 Å². The normalized spacial score (nSPS) is 10.5. The third-order valence-electron chi connectivity index (χ3n) is 6.94. The molecule has 2 aromatic carbocycles. The summed E-state index contributed by atoms with van der Waals surface area (Å²) in [5.74, 6) is 0.675. The molecule has 0 aliphatic heterocycles. The Morgan fingerprint density at radius 1 is 0.633 bits per heavy atom. The fourth-order valence-corrected chi connectivity index (χ4v) is 5.28. The molecule has 3 N–H and O–H groups in total. The quantitative estimate of drug-likeness (QED) is 0.133.